The zero-order valence-electron chi connectivity index (χ0n) is 13.4. The number of amides is 1. The van der Waals surface area contributed by atoms with E-state index in [9.17, 15) is 14.4 Å². The number of carbonyl (C=O) groups excluding carboxylic acids is 1. The Hall–Kier alpha value is -2.84. The fourth-order valence-corrected chi connectivity index (χ4v) is 3.67. The van der Waals surface area contributed by atoms with Crippen LogP contribution in [0.1, 0.15) is 21.6 Å². The van der Waals surface area contributed by atoms with E-state index in [0.29, 0.717) is 40.5 Å². The molecule has 2 aromatic carbocycles. The highest BCUT2D eigenvalue weighted by Crippen LogP contribution is 2.37. The molecule has 4 nitrogen and oxygen atoms in total. The van der Waals surface area contributed by atoms with Crippen molar-refractivity contribution in [2.75, 3.05) is 6.54 Å². The average Bonchev–Trinajstić information content (AvgIpc) is 2.88. The normalized spacial score (nSPS) is 13.4. The van der Waals surface area contributed by atoms with Gasteiger partial charge in [0.1, 0.15) is 11.5 Å². The van der Waals surface area contributed by atoms with Gasteiger partial charge in [-0.3, -0.25) is 4.79 Å². The Bertz CT molecular complexity index is 1090. The van der Waals surface area contributed by atoms with Crippen LogP contribution in [0.5, 0.6) is 0 Å². The van der Waals surface area contributed by atoms with Gasteiger partial charge in [-0.25, -0.2) is 4.39 Å². The fraction of sp³-hybridized carbons (Fsp3) is 0.158. The molecule has 0 saturated heterocycles. The molecule has 0 saturated carbocycles. The monoisotopic (exact) mass is 353 g/mol. The van der Waals surface area contributed by atoms with Crippen molar-refractivity contribution in [2.24, 2.45) is 0 Å². The summed E-state index contributed by atoms with van der Waals surface area (Å²) in [6, 6.07) is 10.0. The van der Waals surface area contributed by atoms with Crippen LogP contribution >= 0.6 is 11.6 Å². The third-order valence-corrected chi connectivity index (χ3v) is 4.83. The van der Waals surface area contributed by atoms with Gasteiger partial charge in [0.2, 0.25) is 0 Å². The first kappa shape index (κ1) is 15.7. The first-order chi connectivity index (χ1) is 12.0. The van der Waals surface area contributed by atoms with E-state index in [1.165, 1.54) is 6.07 Å². The van der Waals surface area contributed by atoms with Crippen molar-refractivity contribution < 1.29 is 9.18 Å². The molecular weight excluding hydrogens is 341 g/mol. The van der Waals surface area contributed by atoms with Crippen LogP contribution < -0.4 is 5.32 Å². The van der Waals surface area contributed by atoms with E-state index in [1.807, 2.05) is 11.5 Å². The molecule has 0 radical (unpaired) electrons. The van der Waals surface area contributed by atoms with Gasteiger partial charge < -0.3 is 9.88 Å². The number of halogens is 2. The van der Waals surface area contributed by atoms with Crippen LogP contribution in [0.15, 0.2) is 30.3 Å². The topological polar surface area (TPSA) is 57.8 Å². The van der Waals surface area contributed by atoms with Crippen LogP contribution in [0.3, 0.4) is 0 Å². The van der Waals surface area contributed by atoms with Crippen molar-refractivity contribution in [3.63, 3.8) is 0 Å². The highest BCUT2D eigenvalue weighted by molar-refractivity contribution is 6.30. The van der Waals surface area contributed by atoms with Crippen molar-refractivity contribution in [3.05, 3.63) is 58.0 Å². The quantitative estimate of drug-likeness (QED) is 0.718. The van der Waals surface area contributed by atoms with Crippen LogP contribution in [-0.2, 0) is 6.54 Å². The Morgan fingerprint density at radius 1 is 1.28 bits per heavy atom. The van der Waals surface area contributed by atoms with E-state index in [-0.39, 0.29) is 5.91 Å². The largest absolute Gasteiger partial charge is 0.349 e. The zero-order chi connectivity index (χ0) is 17.7. The van der Waals surface area contributed by atoms with E-state index in [2.05, 4.69) is 11.4 Å². The number of nitrogens with zero attached hydrogens (tertiary/aromatic N) is 2. The number of aromatic nitrogens is 1. The SMILES string of the molecule is Cc1c2n(c3c(-c4ccc(Cl)cc4F)cc(C#N)cc13)CCNC2=O. The molecule has 0 fully saturated rings. The van der Waals surface area contributed by atoms with Gasteiger partial charge in [-0.2, -0.15) is 5.26 Å². The highest BCUT2D eigenvalue weighted by Gasteiger charge is 2.26. The zero-order valence-corrected chi connectivity index (χ0v) is 14.1. The number of carbonyl (C=O) groups is 1. The molecule has 4 rings (SSSR count). The smallest absolute Gasteiger partial charge is 0.268 e. The van der Waals surface area contributed by atoms with Crippen molar-refractivity contribution in [2.45, 2.75) is 13.5 Å². The molecule has 2 heterocycles. The second-order valence-electron chi connectivity index (χ2n) is 6.04. The van der Waals surface area contributed by atoms with Crippen molar-refractivity contribution >= 4 is 28.4 Å². The first-order valence-electron chi connectivity index (χ1n) is 7.82. The summed E-state index contributed by atoms with van der Waals surface area (Å²) >= 11 is 5.87. The maximum absolute atomic E-state index is 14.6. The molecule has 0 aliphatic carbocycles. The van der Waals surface area contributed by atoms with Gasteiger partial charge in [0.25, 0.3) is 5.91 Å². The lowest BCUT2D eigenvalue weighted by atomic mass is 9.98. The average molecular weight is 354 g/mol. The number of rotatable bonds is 1. The standard InChI is InChI=1S/C19H13ClFN3O/c1-10-14-6-11(9-22)7-15(13-3-2-12(20)8-16(13)21)18(14)24-5-4-23-19(25)17(10)24/h2-3,6-8H,4-5H2,1H3,(H,23,25). The van der Waals surface area contributed by atoms with Gasteiger partial charge >= 0.3 is 0 Å². The molecule has 1 aliphatic rings. The Labute approximate surface area is 148 Å². The van der Waals surface area contributed by atoms with Crippen molar-refractivity contribution in [1.29, 1.82) is 5.26 Å². The molecular formula is C19H13ClFN3O. The Kier molecular flexibility index (Phi) is 3.52. The molecule has 1 aromatic heterocycles. The number of nitrogens with one attached hydrogen (secondary N) is 1. The predicted molar refractivity (Wildman–Crippen MR) is 94.1 cm³/mol. The summed E-state index contributed by atoms with van der Waals surface area (Å²) in [6.07, 6.45) is 0. The van der Waals surface area contributed by atoms with Crippen LogP contribution in [-0.4, -0.2) is 17.0 Å². The molecule has 0 spiro atoms. The Morgan fingerprint density at radius 2 is 2.08 bits per heavy atom. The van der Waals surface area contributed by atoms with E-state index in [1.54, 1.807) is 24.3 Å². The van der Waals surface area contributed by atoms with Gasteiger partial charge in [-0.15, -0.1) is 0 Å². The highest BCUT2D eigenvalue weighted by atomic mass is 35.5. The maximum Gasteiger partial charge on any atom is 0.268 e. The number of hydrogen-bond acceptors (Lipinski definition) is 2. The summed E-state index contributed by atoms with van der Waals surface area (Å²) in [7, 11) is 0. The lowest BCUT2D eigenvalue weighted by Gasteiger charge is -2.18. The summed E-state index contributed by atoms with van der Waals surface area (Å²) < 4.78 is 16.5. The molecule has 124 valence electrons. The molecule has 0 atom stereocenters. The van der Waals surface area contributed by atoms with E-state index >= 15 is 0 Å². The number of fused-ring (bicyclic) bond motifs is 3. The third kappa shape index (κ3) is 2.30. The maximum atomic E-state index is 14.6. The molecule has 1 N–H and O–H groups in total. The number of nitriles is 1. The summed E-state index contributed by atoms with van der Waals surface area (Å²) in [6.45, 7) is 2.96. The Balaban J connectivity index is 2.15. The fourth-order valence-electron chi connectivity index (χ4n) is 3.51. The van der Waals surface area contributed by atoms with Crippen LogP contribution in [0.25, 0.3) is 22.0 Å². The van der Waals surface area contributed by atoms with Gasteiger partial charge in [0.15, 0.2) is 0 Å². The van der Waals surface area contributed by atoms with Gasteiger partial charge in [-0.1, -0.05) is 11.6 Å². The molecule has 1 aliphatic heterocycles. The minimum absolute atomic E-state index is 0.152. The molecule has 1 amide bonds. The van der Waals surface area contributed by atoms with Crippen LogP contribution in [0.2, 0.25) is 5.02 Å². The second-order valence-corrected chi connectivity index (χ2v) is 6.47. The summed E-state index contributed by atoms with van der Waals surface area (Å²) in [5.74, 6) is -0.613. The molecule has 25 heavy (non-hydrogen) atoms. The van der Waals surface area contributed by atoms with Gasteiger partial charge in [0, 0.05) is 34.6 Å². The number of benzene rings is 2. The predicted octanol–water partition coefficient (Wildman–Crippen LogP) is 4.02. The van der Waals surface area contributed by atoms with E-state index < -0.39 is 5.82 Å². The van der Waals surface area contributed by atoms with Crippen LogP contribution in [0.4, 0.5) is 4.39 Å². The molecule has 3 aromatic rings. The first-order valence-corrected chi connectivity index (χ1v) is 8.19. The summed E-state index contributed by atoms with van der Waals surface area (Å²) in [5.41, 5.74) is 3.49. The summed E-state index contributed by atoms with van der Waals surface area (Å²) in [5, 5.41) is 13.3. The van der Waals surface area contributed by atoms with Crippen molar-refractivity contribution in [3.8, 4) is 17.2 Å². The number of aryl methyl sites for hydroxylation is 1. The second kappa shape index (κ2) is 5.61. The number of hydrogen-bond donors (Lipinski definition) is 1. The molecule has 0 bridgehead atoms. The van der Waals surface area contributed by atoms with Gasteiger partial charge in [0.05, 0.1) is 17.1 Å². The molecule has 6 heteroatoms. The van der Waals surface area contributed by atoms with E-state index in [0.717, 1.165) is 16.5 Å². The van der Waals surface area contributed by atoms with E-state index in [4.69, 9.17) is 11.6 Å². The van der Waals surface area contributed by atoms with Gasteiger partial charge in [-0.05, 0) is 42.8 Å². The lowest BCUT2D eigenvalue weighted by Crippen LogP contribution is -2.35. The van der Waals surface area contributed by atoms with Crippen molar-refractivity contribution in [1.82, 2.24) is 9.88 Å². The van der Waals surface area contributed by atoms with Crippen LogP contribution in [0, 0.1) is 24.1 Å². The minimum atomic E-state index is -0.461. The third-order valence-electron chi connectivity index (χ3n) is 4.60. The summed E-state index contributed by atoms with van der Waals surface area (Å²) in [4.78, 5) is 12.3. The molecule has 0 unspecified atom stereocenters. The minimum Gasteiger partial charge on any atom is -0.349 e. The lowest BCUT2D eigenvalue weighted by molar-refractivity contribution is 0.0928. The Morgan fingerprint density at radius 3 is 2.80 bits per heavy atom.